The third-order valence-electron chi connectivity index (χ3n) is 1.45. The Bertz CT molecular complexity index is 56.9. The quantitative estimate of drug-likeness (QED) is 0.465. The molecular weight excluding hydrogens is 231 g/mol. The molecule has 1 aliphatic heterocycles. The first-order valence-corrected chi connectivity index (χ1v) is 5.34. The molecule has 8 heavy (non-hydrogen) atoms. The fourth-order valence-electron chi connectivity index (χ4n) is 0.851. The van der Waals surface area contributed by atoms with E-state index >= 15 is 0 Å². The van der Waals surface area contributed by atoms with Crippen molar-refractivity contribution >= 4 is 34.4 Å². The lowest BCUT2D eigenvalue weighted by molar-refractivity contribution is 0.569. The van der Waals surface area contributed by atoms with Crippen LogP contribution in [0.15, 0.2) is 0 Å². The first-order chi connectivity index (χ1) is 3.79. The Morgan fingerprint density at radius 1 is 1.50 bits per heavy atom. The van der Waals surface area contributed by atoms with Crippen LogP contribution in [0.1, 0.15) is 19.8 Å². The van der Waals surface area contributed by atoms with Crippen LogP contribution in [0.4, 0.5) is 0 Å². The molecule has 0 amide bonds. The van der Waals surface area contributed by atoms with Crippen molar-refractivity contribution in [1.29, 1.82) is 0 Å². The maximum Gasteiger partial charge on any atom is 0.0564 e. The van der Waals surface area contributed by atoms with Crippen molar-refractivity contribution in [3.05, 3.63) is 0 Å². The van der Waals surface area contributed by atoms with E-state index in [1.165, 1.54) is 18.6 Å². The Labute approximate surface area is 68.9 Å². The molecule has 0 aromatic heterocycles. The lowest BCUT2D eigenvalue weighted by Crippen LogP contribution is -2.09. The minimum atomic E-state index is 0.906. The molecule has 48 valence electrons. The zero-order valence-corrected chi connectivity index (χ0v) is 8.04. The van der Waals surface area contributed by atoms with Crippen molar-refractivity contribution in [3.63, 3.8) is 0 Å². The number of halogens is 1. The van der Waals surface area contributed by atoms with E-state index in [9.17, 15) is 0 Å². The molecule has 2 heteroatoms. The molecule has 2 atom stereocenters. The summed E-state index contributed by atoms with van der Waals surface area (Å²) in [5, 5.41) is 0. The molecule has 1 rings (SSSR count). The fraction of sp³-hybridized carbons (Fsp3) is 1.00. The van der Waals surface area contributed by atoms with Gasteiger partial charge >= 0.3 is 0 Å². The van der Waals surface area contributed by atoms with Gasteiger partial charge in [0.05, 0.1) is 3.26 Å². The monoisotopic (exact) mass is 242 g/mol. The predicted molar refractivity (Wildman–Crippen MR) is 48.7 cm³/mol. The normalized spacial score (nSPS) is 39.8. The average Bonchev–Trinajstić information content (AvgIpc) is 1.77. The van der Waals surface area contributed by atoms with E-state index in [1.807, 2.05) is 0 Å². The zero-order chi connectivity index (χ0) is 5.98. The van der Waals surface area contributed by atoms with Crippen molar-refractivity contribution in [2.24, 2.45) is 5.92 Å². The Hall–Kier alpha value is 1.08. The third kappa shape index (κ3) is 2.13. The Morgan fingerprint density at radius 2 is 2.25 bits per heavy atom. The van der Waals surface area contributed by atoms with Crippen LogP contribution in [0, 0.1) is 5.92 Å². The molecule has 0 aromatic rings. The molecule has 1 fully saturated rings. The van der Waals surface area contributed by atoms with Gasteiger partial charge in [0, 0.05) is 0 Å². The van der Waals surface area contributed by atoms with Crippen LogP contribution >= 0.6 is 34.4 Å². The van der Waals surface area contributed by atoms with Crippen LogP contribution in [-0.2, 0) is 0 Å². The summed E-state index contributed by atoms with van der Waals surface area (Å²) in [6.45, 7) is 2.34. The molecule has 2 unspecified atom stereocenters. The van der Waals surface area contributed by atoms with Crippen LogP contribution in [-0.4, -0.2) is 9.01 Å². The molecule has 0 N–H and O–H groups in total. The first-order valence-electron chi connectivity index (χ1n) is 3.04. The van der Waals surface area contributed by atoms with Gasteiger partial charge in [0.1, 0.15) is 0 Å². The lowest BCUT2D eigenvalue weighted by atomic mass is 10.1. The lowest BCUT2D eigenvalue weighted by Gasteiger charge is -2.20. The van der Waals surface area contributed by atoms with E-state index < -0.39 is 0 Å². The summed E-state index contributed by atoms with van der Waals surface area (Å²) in [5.41, 5.74) is 0. The van der Waals surface area contributed by atoms with Crippen LogP contribution in [0.5, 0.6) is 0 Å². The Morgan fingerprint density at radius 3 is 2.62 bits per heavy atom. The number of rotatable bonds is 0. The van der Waals surface area contributed by atoms with E-state index in [4.69, 9.17) is 0 Å². The summed E-state index contributed by atoms with van der Waals surface area (Å²) >= 11 is 4.64. The van der Waals surface area contributed by atoms with E-state index in [0.717, 1.165) is 9.17 Å². The van der Waals surface area contributed by atoms with Crippen LogP contribution in [0.25, 0.3) is 0 Å². The highest BCUT2D eigenvalue weighted by atomic mass is 127. The number of hydrogen-bond donors (Lipinski definition) is 0. The molecule has 0 aliphatic carbocycles. The van der Waals surface area contributed by atoms with Gasteiger partial charge in [-0.25, -0.2) is 0 Å². The summed E-state index contributed by atoms with van der Waals surface area (Å²) < 4.78 is 0.906. The molecular formula is C6H11IS. The molecule has 1 heterocycles. The first kappa shape index (κ1) is 7.19. The molecule has 0 spiro atoms. The summed E-state index contributed by atoms with van der Waals surface area (Å²) in [4.78, 5) is 0. The number of alkyl halides is 1. The Kier molecular flexibility index (Phi) is 2.97. The van der Waals surface area contributed by atoms with Crippen molar-refractivity contribution in [2.75, 3.05) is 5.75 Å². The van der Waals surface area contributed by atoms with Crippen LogP contribution in [0.3, 0.4) is 0 Å². The second-order valence-corrected chi connectivity index (χ2v) is 6.01. The highest BCUT2D eigenvalue weighted by molar-refractivity contribution is 14.1. The molecule has 0 saturated carbocycles. The van der Waals surface area contributed by atoms with E-state index in [2.05, 4.69) is 41.3 Å². The van der Waals surface area contributed by atoms with E-state index in [1.54, 1.807) is 0 Å². The third-order valence-corrected chi connectivity index (χ3v) is 4.51. The highest BCUT2D eigenvalue weighted by Crippen LogP contribution is 2.32. The largest absolute Gasteiger partial charge is 0.148 e. The SMILES string of the molecule is CC1CCC(I)SC1. The minimum absolute atomic E-state index is 0.906. The van der Waals surface area contributed by atoms with Crippen molar-refractivity contribution in [3.8, 4) is 0 Å². The highest BCUT2D eigenvalue weighted by Gasteiger charge is 2.14. The van der Waals surface area contributed by atoms with Gasteiger partial charge in [0.2, 0.25) is 0 Å². The minimum Gasteiger partial charge on any atom is -0.148 e. The van der Waals surface area contributed by atoms with Gasteiger partial charge in [-0.3, -0.25) is 0 Å². The summed E-state index contributed by atoms with van der Waals surface area (Å²) in [7, 11) is 0. The number of hydrogen-bond acceptors (Lipinski definition) is 1. The maximum atomic E-state index is 2.53. The van der Waals surface area contributed by atoms with Crippen molar-refractivity contribution < 1.29 is 0 Å². The van der Waals surface area contributed by atoms with Gasteiger partial charge < -0.3 is 0 Å². The second kappa shape index (κ2) is 3.30. The molecule has 0 nitrogen and oxygen atoms in total. The maximum absolute atomic E-state index is 2.53. The van der Waals surface area contributed by atoms with E-state index in [0.29, 0.717) is 0 Å². The summed E-state index contributed by atoms with van der Waals surface area (Å²) in [6, 6.07) is 0. The number of thioether (sulfide) groups is 1. The molecule has 0 bridgehead atoms. The smallest absolute Gasteiger partial charge is 0.0564 e. The van der Waals surface area contributed by atoms with Crippen LogP contribution < -0.4 is 0 Å². The van der Waals surface area contributed by atoms with Crippen LogP contribution in [0.2, 0.25) is 0 Å². The molecule has 0 radical (unpaired) electrons. The summed E-state index contributed by atoms with van der Waals surface area (Å²) in [5.74, 6) is 2.36. The van der Waals surface area contributed by atoms with Gasteiger partial charge in [-0.1, -0.05) is 29.5 Å². The van der Waals surface area contributed by atoms with Gasteiger partial charge in [0.25, 0.3) is 0 Å². The second-order valence-electron chi connectivity index (χ2n) is 2.43. The van der Waals surface area contributed by atoms with Crippen molar-refractivity contribution in [1.82, 2.24) is 0 Å². The van der Waals surface area contributed by atoms with Gasteiger partial charge in [-0.15, -0.1) is 11.8 Å². The molecule has 1 aliphatic rings. The molecule has 0 aromatic carbocycles. The fourth-order valence-corrected chi connectivity index (χ4v) is 2.84. The topological polar surface area (TPSA) is 0 Å². The predicted octanol–water partition coefficient (Wildman–Crippen LogP) is 2.91. The molecule has 1 saturated heterocycles. The van der Waals surface area contributed by atoms with Gasteiger partial charge in [0.15, 0.2) is 0 Å². The van der Waals surface area contributed by atoms with Crippen molar-refractivity contribution in [2.45, 2.75) is 23.0 Å². The van der Waals surface area contributed by atoms with Gasteiger partial charge in [-0.05, 0) is 24.5 Å². The zero-order valence-electron chi connectivity index (χ0n) is 5.06. The average molecular weight is 242 g/mol. The standard InChI is InChI=1S/C6H11IS/c1-5-2-3-6(7)8-4-5/h5-6H,2-4H2,1H3. The summed E-state index contributed by atoms with van der Waals surface area (Å²) in [6.07, 6.45) is 2.87. The Balaban J connectivity index is 2.19. The van der Waals surface area contributed by atoms with Gasteiger partial charge in [-0.2, -0.15) is 0 Å². The van der Waals surface area contributed by atoms with E-state index in [-0.39, 0.29) is 0 Å².